The van der Waals surface area contributed by atoms with Gasteiger partial charge in [0.05, 0.1) is 11.7 Å². The Bertz CT molecular complexity index is 414. The summed E-state index contributed by atoms with van der Waals surface area (Å²) in [6.07, 6.45) is 1.98. The number of hydrogen-bond acceptors (Lipinski definition) is 5. The summed E-state index contributed by atoms with van der Waals surface area (Å²) in [6.45, 7) is 1.02. The lowest BCUT2D eigenvalue weighted by molar-refractivity contribution is 0.0162. The average Bonchev–Trinajstić information content (AvgIpc) is 2.78. The minimum absolute atomic E-state index is 0.0222. The lowest BCUT2D eigenvalue weighted by Gasteiger charge is -2.11. The molecule has 0 aromatic heterocycles. The lowest BCUT2D eigenvalue weighted by atomic mass is 10.1. The molecule has 5 nitrogen and oxygen atoms in total. The fraction of sp³-hybridized carbons (Fsp3) is 0.417. The molecule has 1 aromatic rings. The molecule has 92 valence electrons. The summed E-state index contributed by atoms with van der Waals surface area (Å²) < 4.78 is 10.5. The summed E-state index contributed by atoms with van der Waals surface area (Å²) in [7, 11) is 0. The van der Waals surface area contributed by atoms with E-state index in [9.17, 15) is 4.79 Å². The molecular formula is C12H16N2O3. The molecule has 1 heterocycles. The maximum atomic E-state index is 11.7. The standard InChI is InChI=1S/C12H16N2O3/c13-8-3-4-10(11(14)6-8)12(15)17-7-9-2-1-5-16-9/h3-4,6,9H,1-2,5,7,13-14H2. The summed E-state index contributed by atoms with van der Waals surface area (Å²) in [5.74, 6) is -0.432. The minimum atomic E-state index is -0.432. The summed E-state index contributed by atoms with van der Waals surface area (Å²) >= 11 is 0. The third-order valence-electron chi connectivity index (χ3n) is 2.72. The van der Waals surface area contributed by atoms with Gasteiger partial charge in [0.15, 0.2) is 0 Å². The second kappa shape index (κ2) is 5.05. The number of hydrogen-bond donors (Lipinski definition) is 2. The molecule has 1 aromatic carbocycles. The Balaban J connectivity index is 1.94. The number of nitrogens with two attached hydrogens (primary N) is 2. The van der Waals surface area contributed by atoms with Crippen LogP contribution in [0.2, 0.25) is 0 Å². The van der Waals surface area contributed by atoms with Gasteiger partial charge in [-0.2, -0.15) is 0 Å². The number of carbonyl (C=O) groups excluding carboxylic acids is 1. The van der Waals surface area contributed by atoms with Crippen LogP contribution in [0, 0.1) is 0 Å². The molecule has 0 bridgehead atoms. The highest BCUT2D eigenvalue weighted by molar-refractivity contribution is 5.95. The van der Waals surface area contributed by atoms with Gasteiger partial charge in [0.1, 0.15) is 6.61 Å². The van der Waals surface area contributed by atoms with Gasteiger partial charge < -0.3 is 20.9 Å². The number of nitrogen functional groups attached to an aromatic ring is 2. The Hall–Kier alpha value is -1.75. The summed E-state index contributed by atoms with van der Waals surface area (Å²) in [5, 5.41) is 0. The highest BCUT2D eigenvalue weighted by Gasteiger charge is 2.19. The summed E-state index contributed by atoms with van der Waals surface area (Å²) in [4.78, 5) is 11.7. The number of anilines is 2. The van der Waals surface area contributed by atoms with E-state index in [1.165, 1.54) is 0 Å². The van der Waals surface area contributed by atoms with Crippen LogP contribution in [-0.4, -0.2) is 25.3 Å². The van der Waals surface area contributed by atoms with E-state index in [4.69, 9.17) is 20.9 Å². The van der Waals surface area contributed by atoms with Crippen LogP contribution in [0.5, 0.6) is 0 Å². The zero-order valence-electron chi connectivity index (χ0n) is 9.52. The van der Waals surface area contributed by atoms with E-state index in [1.54, 1.807) is 18.2 Å². The fourth-order valence-corrected chi connectivity index (χ4v) is 1.79. The van der Waals surface area contributed by atoms with E-state index < -0.39 is 5.97 Å². The van der Waals surface area contributed by atoms with Gasteiger partial charge in [-0.25, -0.2) is 4.79 Å². The Kier molecular flexibility index (Phi) is 3.49. The number of esters is 1. The fourth-order valence-electron chi connectivity index (χ4n) is 1.79. The van der Waals surface area contributed by atoms with Gasteiger partial charge in [-0.3, -0.25) is 0 Å². The average molecular weight is 236 g/mol. The molecule has 1 aliphatic rings. The molecule has 0 amide bonds. The van der Waals surface area contributed by atoms with Gasteiger partial charge in [0.25, 0.3) is 0 Å². The van der Waals surface area contributed by atoms with Crippen LogP contribution in [0.3, 0.4) is 0 Å². The summed E-state index contributed by atoms with van der Waals surface area (Å²) in [5.41, 5.74) is 12.4. The van der Waals surface area contributed by atoms with Crippen LogP contribution in [-0.2, 0) is 9.47 Å². The molecule has 1 aliphatic heterocycles. The Labute approximate surface area is 99.7 Å². The van der Waals surface area contributed by atoms with E-state index in [0.29, 0.717) is 16.9 Å². The van der Waals surface area contributed by atoms with Gasteiger partial charge >= 0.3 is 5.97 Å². The number of ether oxygens (including phenoxy) is 2. The minimum Gasteiger partial charge on any atom is -0.459 e. The van der Waals surface area contributed by atoms with Crippen molar-refractivity contribution >= 4 is 17.3 Å². The largest absolute Gasteiger partial charge is 0.459 e. The van der Waals surface area contributed by atoms with Gasteiger partial charge in [-0.05, 0) is 31.0 Å². The molecule has 0 aliphatic carbocycles. The van der Waals surface area contributed by atoms with Gasteiger partial charge in [0.2, 0.25) is 0 Å². The molecule has 0 spiro atoms. The predicted molar refractivity (Wildman–Crippen MR) is 64.5 cm³/mol. The van der Waals surface area contributed by atoms with Crippen LogP contribution in [0.15, 0.2) is 18.2 Å². The Morgan fingerprint density at radius 2 is 2.29 bits per heavy atom. The first-order chi connectivity index (χ1) is 8.16. The smallest absolute Gasteiger partial charge is 0.340 e. The monoisotopic (exact) mass is 236 g/mol. The third kappa shape index (κ3) is 2.88. The molecule has 0 radical (unpaired) electrons. The Morgan fingerprint density at radius 3 is 2.94 bits per heavy atom. The number of rotatable bonds is 3. The quantitative estimate of drug-likeness (QED) is 0.608. The molecule has 1 atom stereocenters. The normalized spacial score (nSPS) is 19.2. The molecule has 0 saturated carbocycles. The SMILES string of the molecule is Nc1ccc(C(=O)OCC2CCCO2)c(N)c1. The zero-order chi connectivity index (χ0) is 12.3. The zero-order valence-corrected chi connectivity index (χ0v) is 9.52. The molecule has 1 saturated heterocycles. The highest BCUT2D eigenvalue weighted by atomic mass is 16.6. The van der Waals surface area contributed by atoms with Crippen LogP contribution in [0.4, 0.5) is 11.4 Å². The van der Waals surface area contributed by atoms with Crippen molar-refractivity contribution in [3.8, 4) is 0 Å². The second-order valence-electron chi connectivity index (χ2n) is 4.08. The predicted octanol–water partition coefficient (Wildman–Crippen LogP) is 1.19. The van der Waals surface area contributed by atoms with Crippen molar-refractivity contribution in [1.82, 2.24) is 0 Å². The van der Waals surface area contributed by atoms with E-state index in [-0.39, 0.29) is 12.7 Å². The molecule has 4 N–H and O–H groups in total. The molecule has 5 heteroatoms. The topological polar surface area (TPSA) is 87.6 Å². The maximum Gasteiger partial charge on any atom is 0.340 e. The van der Waals surface area contributed by atoms with Crippen molar-refractivity contribution in [2.75, 3.05) is 24.7 Å². The van der Waals surface area contributed by atoms with E-state index in [0.717, 1.165) is 19.4 Å². The van der Waals surface area contributed by atoms with Gasteiger partial charge in [0, 0.05) is 18.0 Å². The van der Waals surface area contributed by atoms with Crippen molar-refractivity contribution in [2.45, 2.75) is 18.9 Å². The van der Waals surface area contributed by atoms with Crippen molar-refractivity contribution in [3.63, 3.8) is 0 Å². The van der Waals surface area contributed by atoms with Crippen LogP contribution in [0.1, 0.15) is 23.2 Å². The molecular weight excluding hydrogens is 220 g/mol. The summed E-state index contributed by atoms with van der Waals surface area (Å²) in [6, 6.07) is 4.74. The van der Waals surface area contributed by atoms with E-state index in [2.05, 4.69) is 0 Å². The third-order valence-corrected chi connectivity index (χ3v) is 2.72. The molecule has 2 rings (SSSR count). The molecule has 1 unspecified atom stereocenters. The first kappa shape index (κ1) is 11.7. The lowest BCUT2D eigenvalue weighted by Crippen LogP contribution is -2.18. The Morgan fingerprint density at radius 1 is 1.47 bits per heavy atom. The molecule has 17 heavy (non-hydrogen) atoms. The number of benzene rings is 1. The maximum absolute atomic E-state index is 11.7. The van der Waals surface area contributed by atoms with Gasteiger partial charge in [-0.15, -0.1) is 0 Å². The van der Waals surface area contributed by atoms with Crippen molar-refractivity contribution in [1.29, 1.82) is 0 Å². The van der Waals surface area contributed by atoms with E-state index in [1.807, 2.05) is 0 Å². The van der Waals surface area contributed by atoms with Crippen LogP contribution in [0.25, 0.3) is 0 Å². The van der Waals surface area contributed by atoms with Crippen molar-refractivity contribution in [3.05, 3.63) is 23.8 Å². The van der Waals surface area contributed by atoms with Crippen molar-refractivity contribution < 1.29 is 14.3 Å². The van der Waals surface area contributed by atoms with E-state index >= 15 is 0 Å². The van der Waals surface area contributed by atoms with Crippen LogP contribution < -0.4 is 11.5 Å². The molecule has 1 fully saturated rings. The first-order valence-electron chi connectivity index (χ1n) is 5.60. The van der Waals surface area contributed by atoms with Gasteiger partial charge in [-0.1, -0.05) is 0 Å². The first-order valence-corrected chi connectivity index (χ1v) is 5.60. The number of carbonyl (C=O) groups is 1. The highest BCUT2D eigenvalue weighted by Crippen LogP contribution is 2.18. The van der Waals surface area contributed by atoms with Crippen LogP contribution >= 0.6 is 0 Å². The second-order valence-corrected chi connectivity index (χ2v) is 4.08. The van der Waals surface area contributed by atoms with Crippen molar-refractivity contribution in [2.24, 2.45) is 0 Å².